The molecule has 6 aromatic rings. The van der Waals surface area contributed by atoms with Crippen molar-refractivity contribution in [2.75, 3.05) is 0 Å². The number of halogens is 4. The molecular weight excluding hydrogens is 455 g/mol. The molecule has 0 atom stereocenters. The average Bonchev–Trinajstić information content (AvgIpc) is 2.82. The SMILES string of the molecule is C=P(c1ccc(F)cc1F)(c1ccc(F)cc1F)c1ccc2ccc3cccc4ccc1c2c34. The quantitative estimate of drug-likeness (QED) is 0.150. The summed E-state index contributed by atoms with van der Waals surface area (Å²) in [7, 11) is 0. The molecule has 0 spiro atoms. The van der Waals surface area contributed by atoms with E-state index in [0.717, 1.165) is 56.6 Å². The van der Waals surface area contributed by atoms with E-state index in [4.69, 9.17) is 0 Å². The summed E-state index contributed by atoms with van der Waals surface area (Å²) in [6, 6.07) is 24.3. The third kappa shape index (κ3) is 2.92. The number of rotatable bonds is 3. The zero-order valence-electron chi connectivity index (χ0n) is 17.8. The Morgan fingerprint density at radius 2 is 0.971 bits per heavy atom. The number of benzene rings is 6. The molecule has 0 unspecified atom stereocenters. The molecule has 0 heterocycles. The third-order valence-corrected chi connectivity index (χ3v) is 10.1. The summed E-state index contributed by atoms with van der Waals surface area (Å²) in [5.74, 6) is -3.08. The predicted octanol–water partition coefficient (Wildman–Crippen LogP) is 6.87. The van der Waals surface area contributed by atoms with Crippen LogP contribution in [0.3, 0.4) is 0 Å². The van der Waals surface area contributed by atoms with Crippen LogP contribution in [0, 0.1) is 23.3 Å². The molecule has 0 saturated heterocycles. The highest BCUT2D eigenvalue weighted by atomic mass is 31.2. The standard InChI is InChI=1S/C29H17F4P/c1-34(26-13-9-20(30)15-23(26)32,27-14-10-21(31)16-24(27)33)25-12-8-19-6-5-17-3-2-4-18-7-11-22(25)29(19)28(17)18/h2-16H,1H2. The van der Waals surface area contributed by atoms with Gasteiger partial charge in [-0.05, 0) is 68.8 Å². The first-order valence-corrected chi connectivity index (χ1v) is 12.7. The lowest BCUT2D eigenvalue weighted by molar-refractivity contribution is 0.588. The van der Waals surface area contributed by atoms with Crippen molar-refractivity contribution >= 4 is 61.4 Å². The van der Waals surface area contributed by atoms with Crippen LogP contribution in [0.5, 0.6) is 0 Å². The van der Waals surface area contributed by atoms with E-state index in [9.17, 15) is 8.78 Å². The monoisotopic (exact) mass is 472 g/mol. The van der Waals surface area contributed by atoms with Crippen LogP contribution in [0.2, 0.25) is 0 Å². The van der Waals surface area contributed by atoms with Gasteiger partial charge in [-0.2, -0.15) is 0 Å². The van der Waals surface area contributed by atoms with Crippen LogP contribution in [0.25, 0.3) is 32.3 Å². The Bertz CT molecular complexity index is 1720. The zero-order chi connectivity index (χ0) is 23.6. The van der Waals surface area contributed by atoms with Crippen molar-refractivity contribution in [1.29, 1.82) is 0 Å². The molecule has 0 N–H and O–H groups in total. The van der Waals surface area contributed by atoms with E-state index in [1.54, 1.807) is 0 Å². The topological polar surface area (TPSA) is 0 Å². The first-order valence-electron chi connectivity index (χ1n) is 10.7. The van der Waals surface area contributed by atoms with Crippen LogP contribution in [-0.2, 0) is 0 Å². The molecule has 0 aliphatic carbocycles. The van der Waals surface area contributed by atoms with Gasteiger partial charge in [-0.3, -0.25) is 0 Å². The smallest absolute Gasteiger partial charge is 0.134 e. The normalized spacial score (nSPS) is 12.2. The van der Waals surface area contributed by atoms with Crippen molar-refractivity contribution < 1.29 is 17.6 Å². The molecule has 0 amide bonds. The van der Waals surface area contributed by atoms with E-state index in [1.807, 2.05) is 48.5 Å². The van der Waals surface area contributed by atoms with E-state index in [1.165, 1.54) is 12.1 Å². The molecule has 0 nitrogen and oxygen atoms in total. The molecule has 0 radical (unpaired) electrons. The van der Waals surface area contributed by atoms with Crippen molar-refractivity contribution in [2.24, 2.45) is 0 Å². The zero-order valence-corrected chi connectivity index (χ0v) is 18.7. The summed E-state index contributed by atoms with van der Waals surface area (Å²) in [5, 5.41) is 6.82. The van der Waals surface area contributed by atoms with Crippen LogP contribution >= 0.6 is 6.89 Å². The van der Waals surface area contributed by atoms with Crippen molar-refractivity contribution in [3.05, 3.63) is 114 Å². The fourth-order valence-electron chi connectivity index (χ4n) is 5.02. The molecule has 166 valence electrons. The van der Waals surface area contributed by atoms with Crippen LogP contribution in [-0.4, -0.2) is 6.30 Å². The summed E-state index contributed by atoms with van der Waals surface area (Å²) in [6.07, 6.45) is 4.43. The summed E-state index contributed by atoms with van der Waals surface area (Å²) < 4.78 is 58.2. The Kier molecular flexibility index (Phi) is 4.59. The second-order valence-corrected chi connectivity index (χ2v) is 11.5. The van der Waals surface area contributed by atoms with E-state index in [-0.39, 0.29) is 10.6 Å². The molecule has 6 rings (SSSR count). The van der Waals surface area contributed by atoms with Crippen LogP contribution in [0.4, 0.5) is 17.6 Å². The maximum Gasteiger partial charge on any atom is 0.134 e. The lowest BCUT2D eigenvalue weighted by Gasteiger charge is -2.29. The summed E-state index contributed by atoms with van der Waals surface area (Å²) >= 11 is 0. The van der Waals surface area contributed by atoms with Gasteiger partial charge in [0.05, 0.1) is 0 Å². The second kappa shape index (κ2) is 7.44. The minimum Gasteiger partial charge on any atom is -0.207 e. The van der Waals surface area contributed by atoms with Crippen molar-refractivity contribution in [1.82, 2.24) is 0 Å². The van der Waals surface area contributed by atoms with Crippen LogP contribution in [0.1, 0.15) is 0 Å². The maximum absolute atomic E-state index is 15.3. The second-order valence-electron chi connectivity index (χ2n) is 8.44. The Morgan fingerprint density at radius 3 is 1.53 bits per heavy atom. The Labute approximate surface area is 193 Å². The molecule has 0 saturated carbocycles. The summed E-state index contributed by atoms with van der Waals surface area (Å²) in [4.78, 5) is 0. The summed E-state index contributed by atoms with van der Waals surface area (Å²) in [5.41, 5.74) is 0. The van der Waals surface area contributed by atoms with Gasteiger partial charge in [0.2, 0.25) is 0 Å². The summed E-state index contributed by atoms with van der Waals surface area (Å²) in [6.45, 7) is -3.23. The molecule has 34 heavy (non-hydrogen) atoms. The van der Waals surface area contributed by atoms with Crippen molar-refractivity contribution in [3.8, 4) is 0 Å². The largest absolute Gasteiger partial charge is 0.207 e. The van der Waals surface area contributed by atoms with Crippen molar-refractivity contribution in [2.45, 2.75) is 0 Å². The van der Waals surface area contributed by atoms with Gasteiger partial charge in [0.25, 0.3) is 0 Å². The molecule has 0 aromatic heterocycles. The van der Waals surface area contributed by atoms with Gasteiger partial charge in [-0.15, -0.1) is 0 Å². The lowest BCUT2D eigenvalue weighted by atomic mass is 9.94. The van der Waals surface area contributed by atoms with E-state index < -0.39 is 30.2 Å². The van der Waals surface area contributed by atoms with Gasteiger partial charge in [-0.1, -0.05) is 60.9 Å². The van der Waals surface area contributed by atoms with Crippen molar-refractivity contribution in [3.63, 3.8) is 0 Å². The molecule has 6 aromatic carbocycles. The predicted molar refractivity (Wildman–Crippen MR) is 136 cm³/mol. The fourth-order valence-corrected chi connectivity index (χ4v) is 8.25. The van der Waals surface area contributed by atoms with Gasteiger partial charge in [0, 0.05) is 22.7 Å². The third-order valence-electron chi connectivity index (χ3n) is 6.56. The number of hydrogen-bond donors (Lipinski definition) is 0. The molecule has 0 aliphatic heterocycles. The van der Waals surface area contributed by atoms with Gasteiger partial charge in [0.1, 0.15) is 23.3 Å². The highest BCUT2D eigenvalue weighted by molar-refractivity contribution is 7.93. The van der Waals surface area contributed by atoms with Gasteiger partial charge in [-0.25, -0.2) is 17.6 Å². The molecular formula is C29H17F4P. The lowest BCUT2D eigenvalue weighted by Crippen LogP contribution is -2.30. The Balaban J connectivity index is 1.79. The Hall–Kier alpha value is -3.62. The van der Waals surface area contributed by atoms with Crippen LogP contribution < -0.4 is 15.9 Å². The minimum absolute atomic E-state index is 0.106. The average molecular weight is 472 g/mol. The molecule has 5 heteroatoms. The van der Waals surface area contributed by atoms with E-state index in [0.29, 0.717) is 5.30 Å². The van der Waals surface area contributed by atoms with E-state index in [2.05, 4.69) is 12.4 Å². The van der Waals surface area contributed by atoms with Crippen LogP contribution in [0.15, 0.2) is 91.0 Å². The molecule has 0 fully saturated rings. The van der Waals surface area contributed by atoms with E-state index >= 15 is 8.78 Å². The van der Waals surface area contributed by atoms with Gasteiger partial charge < -0.3 is 0 Å². The van der Waals surface area contributed by atoms with Gasteiger partial charge >= 0.3 is 0 Å². The van der Waals surface area contributed by atoms with Gasteiger partial charge in [0.15, 0.2) is 0 Å². The molecule has 0 bridgehead atoms. The minimum atomic E-state index is -3.23. The maximum atomic E-state index is 15.3. The fraction of sp³-hybridized carbons (Fsp3) is 0. The molecule has 0 aliphatic rings. The Morgan fingerprint density at radius 1 is 0.500 bits per heavy atom. The first-order chi connectivity index (χ1) is 16.4. The highest BCUT2D eigenvalue weighted by Gasteiger charge is 2.30. The number of hydrogen-bond acceptors (Lipinski definition) is 0. The first kappa shape index (κ1) is 20.9. The highest BCUT2D eigenvalue weighted by Crippen LogP contribution is 2.47.